The van der Waals surface area contributed by atoms with Crippen LogP contribution in [0.4, 0.5) is 11.6 Å². The highest BCUT2D eigenvalue weighted by Crippen LogP contribution is 2.27. The van der Waals surface area contributed by atoms with E-state index in [2.05, 4.69) is 22.2 Å². The maximum absolute atomic E-state index is 13.1. The van der Waals surface area contributed by atoms with Crippen molar-refractivity contribution >= 4 is 28.6 Å². The topological polar surface area (TPSA) is 112 Å². The lowest BCUT2D eigenvalue weighted by molar-refractivity contribution is 0.0999. The van der Waals surface area contributed by atoms with Crippen LogP contribution in [0.1, 0.15) is 27.9 Å². The Labute approximate surface area is 200 Å². The molecule has 3 aromatic heterocycles. The van der Waals surface area contributed by atoms with Gasteiger partial charge in [0, 0.05) is 24.3 Å². The largest absolute Gasteiger partial charge is 0.365 e. The van der Waals surface area contributed by atoms with Crippen LogP contribution in [-0.4, -0.2) is 30.3 Å². The van der Waals surface area contributed by atoms with Crippen LogP contribution in [0.3, 0.4) is 0 Å². The summed E-state index contributed by atoms with van der Waals surface area (Å²) in [6.45, 7) is 0. The number of hydrogen-bond acceptors (Lipinski definition) is 6. The number of benzene rings is 2. The van der Waals surface area contributed by atoms with Gasteiger partial charge < -0.3 is 10.3 Å². The Bertz CT molecular complexity index is 1630. The molecule has 1 aliphatic carbocycles. The molecule has 0 saturated heterocycles. The fourth-order valence-electron chi connectivity index (χ4n) is 4.56. The molecule has 6 rings (SSSR count). The molecule has 0 radical (unpaired) electrons. The number of aryl methyl sites for hydroxylation is 2. The first-order valence-electron chi connectivity index (χ1n) is 11.3. The van der Waals surface area contributed by atoms with Crippen LogP contribution in [0.25, 0.3) is 16.7 Å². The Kier molecular flexibility index (Phi) is 4.88. The Morgan fingerprint density at radius 2 is 1.86 bits per heavy atom. The standard InChI is InChI=1S/C26H21N7O2/c27-24(35)22-16-31(20-11-10-17-6-4-7-18(17)14-20)25-21(23(22)34)15-28-26(30-25)33(32-13-5-12-29-32)19-8-2-1-3-9-19/h1-3,5,8-16H,4,6-7H2,(H2,27,35). The van der Waals surface area contributed by atoms with Crippen molar-refractivity contribution in [3.63, 3.8) is 0 Å². The van der Waals surface area contributed by atoms with Crippen LogP contribution in [0.2, 0.25) is 0 Å². The van der Waals surface area contributed by atoms with E-state index in [1.165, 1.54) is 23.5 Å². The molecule has 1 aliphatic rings. The van der Waals surface area contributed by atoms with Gasteiger partial charge in [-0.05, 0) is 60.7 Å². The van der Waals surface area contributed by atoms with Gasteiger partial charge in [-0.15, -0.1) is 0 Å². The second-order valence-corrected chi connectivity index (χ2v) is 8.39. The molecule has 2 aromatic carbocycles. The van der Waals surface area contributed by atoms with Gasteiger partial charge in [-0.3, -0.25) is 9.59 Å². The molecule has 0 bridgehead atoms. The van der Waals surface area contributed by atoms with Crippen LogP contribution in [-0.2, 0) is 12.8 Å². The van der Waals surface area contributed by atoms with E-state index in [4.69, 9.17) is 10.7 Å². The minimum absolute atomic E-state index is 0.110. The van der Waals surface area contributed by atoms with Crippen molar-refractivity contribution in [2.24, 2.45) is 5.73 Å². The first-order valence-corrected chi connectivity index (χ1v) is 11.3. The fourth-order valence-corrected chi connectivity index (χ4v) is 4.56. The van der Waals surface area contributed by atoms with Crippen LogP contribution in [0.5, 0.6) is 0 Å². The van der Waals surface area contributed by atoms with Crippen LogP contribution in [0, 0.1) is 0 Å². The molecule has 172 valence electrons. The number of primary amides is 1. The lowest BCUT2D eigenvalue weighted by Gasteiger charge is -2.23. The second kappa shape index (κ2) is 8.21. The van der Waals surface area contributed by atoms with Gasteiger partial charge in [0.25, 0.3) is 11.9 Å². The normalized spacial score (nSPS) is 12.6. The van der Waals surface area contributed by atoms with Crippen LogP contribution >= 0.6 is 0 Å². The van der Waals surface area contributed by atoms with E-state index in [0.717, 1.165) is 30.6 Å². The predicted molar refractivity (Wildman–Crippen MR) is 132 cm³/mol. The highest BCUT2D eigenvalue weighted by Gasteiger charge is 2.21. The Morgan fingerprint density at radius 3 is 2.63 bits per heavy atom. The summed E-state index contributed by atoms with van der Waals surface area (Å²) >= 11 is 0. The van der Waals surface area contributed by atoms with E-state index in [9.17, 15) is 9.59 Å². The van der Waals surface area contributed by atoms with Crippen LogP contribution in [0.15, 0.2) is 84.2 Å². The molecule has 0 fully saturated rings. The van der Waals surface area contributed by atoms with Gasteiger partial charge >= 0.3 is 0 Å². The maximum Gasteiger partial charge on any atom is 0.254 e. The molecular weight excluding hydrogens is 442 g/mol. The number of rotatable bonds is 5. The molecule has 3 heterocycles. The third kappa shape index (κ3) is 3.54. The second-order valence-electron chi connectivity index (χ2n) is 8.39. The molecule has 35 heavy (non-hydrogen) atoms. The lowest BCUT2D eigenvalue weighted by Crippen LogP contribution is -2.28. The van der Waals surface area contributed by atoms with Crippen molar-refractivity contribution < 1.29 is 4.79 Å². The minimum atomic E-state index is -0.793. The average molecular weight is 464 g/mol. The smallest absolute Gasteiger partial charge is 0.254 e. The third-order valence-corrected chi connectivity index (χ3v) is 6.24. The molecular formula is C26H21N7O2. The summed E-state index contributed by atoms with van der Waals surface area (Å²) in [7, 11) is 0. The van der Waals surface area contributed by atoms with Gasteiger partial charge in [-0.1, -0.05) is 24.3 Å². The molecule has 9 nitrogen and oxygen atoms in total. The van der Waals surface area contributed by atoms with Gasteiger partial charge in [0.1, 0.15) is 5.56 Å². The minimum Gasteiger partial charge on any atom is -0.365 e. The number of aromatic nitrogens is 5. The number of anilines is 2. The SMILES string of the molecule is NC(=O)c1cn(-c2ccc3c(c2)CCC3)c2nc(N(c3ccccc3)n3cccn3)ncc2c1=O. The van der Waals surface area contributed by atoms with Crippen molar-refractivity contribution in [2.75, 3.05) is 5.01 Å². The van der Waals surface area contributed by atoms with Crippen molar-refractivity contribution in [1.29, 1.82) is 0 Å². The molecule has 5 aromatic rings. The molecule has 0 aliphatic heterocycles. The number of hydrogen-bond donors (Lipinski definition) is 1. The van der Waals surface area contributed by atoms with Gasteiger partial charge in [-0.25, -0.2) is 4.98 Å². The molecule has 0 unspecified atom stereocenters. The highest BCUT2D eigenvalue weighted by molar-refractivity contribution is 5.96. The third-order valence-electron chi connectivity index (χ3n) is 6.24. The lowest BCUT2D eigenvalue weighted by atomic mass is 10.1. The zero-order valence-electron chi connectivity index (χ0n) is 18.7. The molecule has 2 N–H and O–H groups in total. The number of carbonyl (C=O) groups is 1. The molecule has 0 spiro atoms. The first-order chi connectivity index (χ1) is 17.1. The van der Waals surface area contributed by atoms with Gasteiger partial charge in [0.15, 0.2) is 5.65 Å². The van der Waals surface area contributed by atoms with Crippen molar-refractivity contribution in [2.45, 2.75) is 19.3 Å². The number of amides is 1. The van der Waals surface area contributed by atoms with Crippen LogP contribution < -0.4 is 16.2 Å². The zero-order valence-corrected chi connectivity index (χ0v) is 18.7. The van der Waals surface area contributed by atoms with Gasteiger partial charge in [-0.2, -0.15) is 19.9 Å². The number of fused-ring (bicyclic) bond motifs is 2. The van der Waals surface area contributed by atoms with E-state index >= 15 is 0 Å². The summed E-state index contributed by atoms with van der Waals surface area (Å²) in [6.07, 6.45) is 9.51. The summed E-state index contributed by atoms with van der Waals surface area (Å²) in [5, 5.41) is 6.30. The molecule has 1 amide bonds. The summed E-state index contributed by atoms with van der Waals surface area (Å²) in [6, 6.07) is 17.5. The first kappa shape index (κ1) is 20.8. The fraction of sp³-hybridized carbons (Fsp3) is 0.115. The quantitative estimate of drug-likeness (QED) is 0.429. The van der Waals surface area contributed by atoms with Crippen molar-refractivity contribution in [1.82, 2.24) is 24.4 Å². The highest BCUT2D eigenvalue weighted by atomic mass is 16.2. The molecule has 9 heteroatoms. The number of pyridine rings is 1. The van der Waals surface area contributed by atoms with E-state index in [1.807, 2.05) is 36.4 Å². The Hall–Kier alpha value is -4.79. The number of carbonyl (C=O) groups excluding carboxylic acids is 1. The van der Waals surface area contributed by atoms with E-state index < -0.39 is 11.3 Å². The van der Waals surface area contributed by atoms with E-state index in [1.54, 1.807) is 32.8 Å². The average Bonchev–Trinajstić information content (AvgIpc) is 3.57. The summed E-state index contributed by atoms with van der Waals surface area (Å²) in [5.74, 6) is -0.480. The summed E-state index contributed by atoms with van der Waals surface area (Å²) in [5.41, 5.74) is 9.47. The van der Waals surface area contributed by atoms with Crippen molar-refractivity contribution in [3.8, 4) is 5.69 Å². The Morgan fingerprint density at radius 1 is 1.03 bits per heavy atom. The maximum atomic E-state index is 13.1. The molecule has 0 atom stereocenters. The van der Waals surface area contributed by atoms with Crippen molar-refractivity contribution in [3.05, 3.63) is 106 Å². The predicted octanol–water partition coefficient (Wildman–Crippen LogP) is 3.17. The number of nitrogens with two attached hydrogens (primary N) is 1. The van der Waals surface area contributed by atoms with Gasteiger partial charge in [0.05, 0.1) is 17.3 Å². The van der Waals surface area contributed by atoms with Gasteiger partial charge in [0.2, 0.25) is 5.43 Å². The summed E-state index contributed by atoms with van der Waals surface area (Å²) < 4.78 is 1.74. The Balaban J connectivity index is 1.62. The zero-order chi connectivity index (χ0) is 23.9. The number of nitrogens with zero attached hydrogens (tertiary/aromatic N) is 6. The van der Waals surface area contributed by atoms with E-state index in [-0.39, 0.29) is 10.9 Å². The molecule has 0 saturated carbocycles. The monoisotopic (exact) mass is 463 g/mol. The summed E-state index contributed by atoms with van der Waals surface area (Å²) in [4.78, 5) is 36.1. The number of para-hydroxylation sites is 1. The van der Waals surface area contributed by atoms with E-state index in [0.29, 0.717) is 11.6 Å².